The van der Waals surface area contributed by atoms with Gasteiger partial charge < -0.3 is 28.4 Å². The lowest BCUT2D eigenvalue weighted by atomic mass is 10.2. The molecule has 28 heavy (non-hydrogen) atoms. The molecular formula is C21H20N2O5. The van der Waals surface area contributed by atoms with Crippen molar-refractivity contribution < 1.29 is 23.4 Å². The molecule has 1 fully saturated rings. The van der Waals surface area contributed by atoms with Gasteiger partial charge in [0.15, 0.2) is 17.3 Å². The number of hydrogen-bond donors (Lipinski definition) is 0. The average Bonchev–Trinajstić information content (AvgIpc) is 3.39. The molecule has 1 aromatic heterocycles. The van der Waals surface area contributed by atoms with Gasteiger partial charge in [0.05, 0.1) is 18.2 Å². The SMILES string of the molecule is COc1ccccc1N1CCN(C(=O)c2cc3c4c(ccc3o2)OCO4)CC1. The van der Waals surface area contributed by atoms with Crippen LogP contribution in [-0.4, -0.2) is 50.9 Å². The van der Waals surface area contributed by atoms with Crippen LogP contribution in [0.15, 0.2) is 46.9 Å². The largest absolute Gasteiger partial charge is 0.495 e. The van der Waals surface area contributed by atoms with E-state index in [1.54, 1.807) is 25.3 Å². The Hall–Kier alpha value is -3.35. The highest BCUT2D eigenvalue weighted by Gasteiger charge is 2.27. The summed E-state index contributed by atoms with van der Waals surface area (Å²) in [5.74, 6) is 2.38. The Labute approximate surface area is 162 Å². The summed E-state index contributed by atoms with van der Waals surface area (Å²) in [5.41, 5.74) is 1.67. The molecule has 2 aliphatic heterocycles. The first-order chi connectivity index (χ1) is 13.7. The van der Waals surface area contributed by atoms with Crippen molar-refractivity contribution in [3.8, 4) is 17.2 Å². The lowest BCUT2D eigenvalue weighted by molar-refractivity contribution is 0.0717. The van der Waals surface area contributed by atoms with Gasteiger partial charge in [-0.15, -0.1) is 0 Å². The van der Waals surface area contributed by atoms with E-state index in [1.165, 1.54) is 0 Å². The minimum Gasteiger partial charge on any atom is -0.495 e. The van der Waals surface area contributed by atoms with Crippen molar-refractivity contribution in [2.24, 2.45) is 0 Å². The van der Waals surface area contributed by atoms with E-state index in [9.17, 15) is 4.79 Å². The van der Waals surface area contributed by atoms with E-state index in [2.05, 4.69) is 4.90 Å². The second kappa shape index (κ2) is 6.67. The number of piperazine rings is 1. The van der Waals surface area contributed by atoms with Gasteiger partial charge in [-0.3, -0.25) is 4.79 Å². The number of hydrogen-bond acceptors (Lipinski definition) is 6. The molecule has 1 saturated heterocycles. The minimum atomic E-state index is -0.108. The molecule has 7 heteroatoms. The maximum Gasteiger partial charge on any atom is 0.289 e. The summed E-state index contributed by atoms with van der Waals surface area (Å²) < 4.78 is 22.1. The molecule has 0 atom stereocenters. The van der Waals surface area contributed by atoms with E-state index >= 15 is 0 Å². The Balaban J connectivity index is 1.33. The standard InChI is InChI=1S/C21H20N2O5/c1-25-17-5-3-2-4-15(17)22-8-10-23(11-9-22)21(24)19-12-14-16(28-19)6-7-18-20(14)27-13-26-18/h2-7,12H,8-11,13H2,1H3. The number of amides is 1. The summed E-state index contributed by atoms with van der Waals surface area (Å²) in [7, 11) is 1.67. The quantitative estimate of drug-likeness (QED) is 0.696. The Morgan fingerprint density at radius 2 is 1.86 bits per heavy atom. The summed E-state index contributed by atoms with van der Waals surface area (Å²) >= 11 is 0. The molecule has 3 heterocycles. The van der Waals surface area contributed by atoms with Crippen LogP contribution in [-0.2, 0) is 0 Å². The zero-order valence-corrected chi connectivity index (χ0v) is 15.5. The summed E-state index contributed by atoms with van der Waals surface area (Å²) in [6.07, 6.45) is 0. The van der Waals surface area contributed by atoms with E-state index in [0.717, 1.165) is 29.9 Å². The van der Waals surface area contributed by atoms with E-state index < -0.39 is 0 Å². The van der Waals surface area contributed by atoms with Crippen molar-refractivity contribution in [3.05, 3.63) is 48.2 Å². The van der Waals surface area contributed by atoms with Gasteiger partial charge in [0.1, 0.15) is 11.3 Å². The maximum absolute atomic E-state index is 13.0. The smallest absolute Gasteiger partial charge is 0.289 e. The summed E-state index contributed by atoms with van der Waals surface area (Å²) in [6, 6.07) is 13.3. The van der Waals surface area contributed by atoms with Gasteiger partial charge in [0, 0.05) is 32.2 Å². The fraction of sp³-hybridized carbons (Fsp3) is 0.286. The molecule has 5 rings (SSSR count). The summed E-state index contributed by atoms with van der Waals surface area (Å²) in [6.45, 7) is 2.89. The molecule has 1 amide bonds. The minimum absolute atomic E-state index is 0.108. The topological polar surface area (TPSA) is 64.4 Å². The van der Waals surface area contributed by atoms with Crippen molar-refractivity contribution in [2.75, 3.05) is 45.0 Å². The fourth-order valence-corrected chi connectivity index (χ4v) is 3.78. The van der Waals surface area contributed by atoms with Crippen molar-refractivity contribution >= 4 is 22.6 Å². The molecule has 7 nitrogen and oxygen atoms in total. The van der Waals surface area contributed by atoms with E-state index in [0.29, 0.717) is 35.9 Å². The first kappa shape index (κ1) is 16.8. The normalized spacial score (nSPS) is 15.9. The molecule has 0 bridgehead atoms. The molecule has 0 saturated carbocycles. The Bertz CT molecular complexity index is 1040. The molecular weight excluding hydrogens is 360 g/mol. The maximum atomic E-state index is 13.0. The molecule has 3 aromatic rings. The average molecular weight is 380 g/mol. The van der Waals surface area contributed by atoms with Gasteiger partial charge >= 0.3 is 0 Å². The van der Waals surface area contributed by atoms with Crippen molar-refractivity contribution in [2.45, 2.75) is 0 Å². The highest BCUT2D eigenvalue weighted by atomic mass is 16.7. The van der Waals surface area contributed by atoms with Gasteiger partial charge in [-0.25, -0.2) is 0 Å². The van der Waals surface area contributed by atoms with Crippen molar-refractivity contribution in [1.29, 1.82) is 0 Å². The number of methoxy groups -OCH3 is 1. The fourth-order valence-electron chi connectivity index (χ4n) is 3.78. The predicted octanol–water partition coefficient (Wildman–Crippen LogP) is 3.13. The molecule has 0 spiro atoms. The number of fused-ring (bicyclic) bond motifs is 3. The lowest BCUT2D eigenvalue weighted by Crippen LogP contribution is -2.48. The predicted molar refractivity (Wildman–Crippen MR) is 103 cm³/mol. The first-order valence-electron chi connectivity index (χ1n) is 9.24. The molecule has 0 radical (unpaired) electrons. The first-order valence-corrected chi connectivity index (χ1v) is 9.24. The van der Waals surface area contributed by atoms with E-state index in [4.69, 9.17) is 18.6 Å². The Morgan fingerprint density at radius 3 is 2.68 bits per heavy atom. The van der Waals surface area contributed by atoms with Crippen LogP contribution in [0.25, 0.3) is 11.0 Å². The third-order valence-electron chi connectivity index (χ3n) is 5.24. The summed E-state index contributed by atoms with van der Waals surface area (Å²) in [4.78, 5) is 17.0. The Kier molecular flexibility index (Phi) is 4.00. The van der Waals surface area contributed by atoms with E-state index in [1.807, 2.05) is 29.2 Å². The number of anilines is 1. The molecule has 0 unspecified atom stereocenters. The van der Waals surface area contributed by atoms with Crippen LogP contribution < -0.4 is 19.1 Å². The molecule has 0 aliphatic carbocycles. The number of carbonyl (C=O) groups is 1. The summed E-state index contributed by atoms with van der Waals surface area (Å²) in [5, 5.41) is 0.769. The Morgan fingerprint density at radius 1 is 1.04 bits per heavy atom. The van der Waals surface area contributed by atoms with Crippen LogP contribution in [0.3, 0.4) is 0 Å². The second-order valence-electron chi connectivity index (χ2n) is 6.77. The van der Waals surface area contributed by atoms with Crippen LogP contribution in [0.2, 0.25) is 0 Å². The van der Waals surface area contributed by atoms with Gasteiger partial charge in [-0.1, -0.05) is 12.1 Å². The van der Waals surface area contributed by atoms with Crippen LogP contribution >= 0.6 is 0 Å². The van der Waals surface area contributed by atoms with Crippen LogP contribution in [0.4, 0.5) is 5.69 Å². The monoisotopic (exact) mass is 380 g/mol. The van der Waals surface area contributed by atoms with Gasteiger partial charge in [0.2, 0.25) is 6.79 Å². The second-order valence-corrected chi connectivity index (χ2v) is 6.77. The molecule has 144 valence electrons. The highest BCUT2D eigenvalue weighted by Crippen LogP contribution is 2.40. The molecule has 2 aromatic carbocycles. The highest BCUT2D eigenvalue weighted by molar-refractivity contribution is 5.98. The number of carbonyl (C=O) groups excluding carboxylic acids is 1. The zero-order valence-electron chi connectivity index (χ0n) is 15.5. The number of ether oxygens (including phenoxy) is 3. The number of nitrogens with zero attached hydrogens (tertiary/aromatic N) is 2. The molecule has 0 N–H and O–H groups in total. The zero-order chi connectivity index (χ0) is 19.1. The number of furan rings is 1. The van der Waals surface area contributed by atoms with Crippen LogP contribution in [0.5, 0.6) is 17.2 Å². The third-order valence-corrected chi connectivity index (χ3v) is 5.24. The third kappa shape index (κ3) is 2.70. The van der Waals surface area contributed by atoms with E-state index in [-0.39, 0.29) is 12.7 Å². The van der Waals surface area contributed by atoms with Gasteiger partial charge in [-0.05, 0) is 24.3 Å². The number of benzene rings is 2. The molecule has 2 aliphatic rings. The number of rotatable bonds is 3. The number of para-hydroxylation sites is 2. The van der Waals surface area contributed by atoms with Gasteiger partial charge in [0.25, 0.3) is 5.91 Å². The van der Waals surface area contributed by atoms with Crippen molar-refractivity contribution in [1.82, 2.24) is 4.90 Å². The van der Waals surface area contributed by atoms with Gasteiger partial charge in [-0.2, -0.15) is 0 Å². The van der Waals surface area contributed by atoms with Crippen LogP contribution in [0, 0.1) is 0 Å². The van der Waals surface area contributed by atoms with Crippen LogP contribution in [0.1, 0.15) is 10.6 Å². The lowest BCUT2D eigenvalue weighted by Gasteiger charge is -2.36. The van der Waals surface area contributed by atoms with Crippen molar-refractivity contribution in [3.63, 3.8) is 0 Å².